The molecule has 1 aliphatic heterocycles. The van der Waals surface area contributed by atoms with Crippen LogP contribution in [-0.4, -0.2) is 47.8 Å². The van der Waals surface area contributed by atoms with E-state index in [2.05, 4.69) is 24.7 Å². The van der Waals surface area contributed by atoms with E-state index >= 15 is 0 Å². The predicted octanol–water partition coefficient (Wildman–Crippen LogP) is 1.26. The van der Waals surface area contributed by atoms with Crippen LogP contribution in [0.25, 0.3) is 0 Å². The fourth-order valence-corrected chi connectivity index (χ4v) is 4.09. The maximum absolute atomic E-state index is 12.5. The van der Waals surface area contributed by atoms with Crippen molar-refractivity contribution in [3.63, 3.8) is 0 Å². The molecule has 2 fully saturated rings. The summed E-state index contributed by atoms with van der Waals surface area (Å²) in [6.07, 6.45) is 4.64. The zero-order valence-corrected chi connectivity index (χ0v) is 16.7. The zero-order chi connectivity index (χ0) is 21.0. The van der Waals surface area contributed by atoms with Crippen LogP contribution in [0.4, 0.5) is 0 Å². The number of amides is 3. The van der Waals surface area contributed by atoms with Gasteiger partial charge in [0.15, 0.2) is 12.4 Å². The molecule has 158 valence electrons. The van der Waals surface area contributed by atoms with Gasteiger partial charge in [-0.1, -0.05) is 26.7 Å². The van der Waals surface area contributed by atoms with Crippen molar-refractivity contribution >= 4 is 23.7 Å². The van der Waals surface area contributed by atoms with E-state index in [1.54, 1.807) is 6.07 Å². The molecule has 0 bridgehead atoms. The molecule has 9 heteroatoms. The summed E-state index contributed by atoms with van der Waals surface area (Å²) in [5.41, 5.74) is 4.30. The Bertz CT molecular complexity index is 762. The minimum atomic E-state index is -0.686. The monoisotopic (exact) mass is 405 g/mol. The van der Waals surface area contributed by atoms with Crippen LogP contribution in [0.3, 0.4) is 0 Å². The number of hydrogen-bond acceptors (Lipinski definition) is 6. The molecule has 2 N–H and O–H groups in total. The Labute approximate surface area is 169 Å². The van der Waals surface area contributed by atoms with Gasteiger partial charge in [-0.05, 0) is 30.4 Å². The molecule has 0 aromatic carbocycles. The first kappa shape index (κ1) is 20.9. The molecule has 0 spiro atoms. The highest BCUT2D eigenvalue weighted by Gasteiger charge is 2.42. The highest BCUT2D eigenvalue weighted by atomic mass is 16.5. The fraction of sp³-hybridized carbons (Fsp3) is 0.600. The number of nitrogens with zero attached hydrogens (tertiary/aromatic N) is 1. The number of hydrogen-bond donors (Lipinski definition) is 2. The summed E-state index contributed by atoms with van der Waals surface area (Å²) in [4.78, 5) is 50.0. The quantitative estimate of drug-likeness (QED) is 0.562. The summed E-state index contributed by atoms with van der Waals surface area (Å²) < 4.78 is 9.93. The Balaban J connectivity index is 1.43. The lowest BCUT2D eigenvalue weighted by Gasteiger charge is -2.39. The van der Waals surface area contributed by atoms with Crippen molar-refractivity contribution in [1.82, 2.24) is 15.8 Å². The second-order valence-corrected chi connectivity index (χ2v) is 7.87. The number of rotatable bonds is 5. The molecule has 1 saturated carbocycles. The van der Waals surface area contributed by atoms with Gasteiger partial charge in [0.2, 0.25) is 5.91 Å². The van der Waals surface area contributed by atoms with E-state index in [0.717, 1.165) is 19.3 Å². The molecule has 1 aromatic rings. The van der Waals surface area contributed by atoms with Crippen LogP contribution in [0.1, 0.15) is 50.1 Å². The van der Waals surface area contributed by atoms with Crippen molar-refractivity contribution in [2.75, 3.05) is 13.2 Å². The number of carbonyl (C=O) groups is 4. The van der Waals surface area contributed by atoms with Crippen LogP contribution in [0.5, 0.6) is 0 Å². The van der Waals surface area contributed by atoms with Gasteiger partial charge in [-0.15, -0.1) is 0 Å². The molecule has 2 aliphatic rings. The summed E-state index contributed by atoms with van der Waals surface area (Å²) in [6.45, 7) is 4.15. The van der Waals surface area contributed by atoms with Crippen LogP contribution >= 0.6 is 0 Å². The lowest BCUT2D eigenvalue weighted by atomic mass is 9.77. The lowest BCUT2D eigenvalue weighted by molar-refractivity contribution is -0.152. The first-order valence-corrected chi connectivity index (χ1v) is 9.95. The van der Waals surface area contributed by atoms with Crippen molar-refractivity contribution in [3.8, 4) is 0 Å². The molecule has 1 saturated heterocycles. The fourth-order valence-electron chi connectivity index (χ4n) is 4.09. The first-order chi connectivity index (χ1) is 13.9. The lowest BCUT2D eigenvalue weighted by Crippen LogP contribution is -2.45. The number of ether oxygens (including phenoxy) is 1. The zero-order valence-electron chi connectivity index (χ0n) is 16.7. The molecule has 2 heterocycles. The SMILES string of the molecule is C[C@H]1[C@H](N2C[C@H](C(=O)OCC(=O)NNC(=O)c3ccco3)CC2=O)CCC[C@@H]1C. The van der Waals surface area contributed by atoms with Crippen LogP contribution in [0.2, 0.25) is 0 Å². The third-order valence-corrected chi connectivity index (χ3v) is 5.96. The summed E-state index contributed by atoms with van der Waals surface area (Å²) in [6, 6.07) is 3.14. The number of carbonyl (C=O) groups excluding carboxylic acids is 4. The second kappa shape index (κ2) is 9.11. The maximum Gasteiger partial charge on any atom is 0.311 e. The van der Waals surface area contributed by atoms with Crippen LogP contribution in [0.15, 0.2) is 22.8 Å². The average Bonchev–Trinajstić information content (AvgIpc) is 3.36. The Morgan fingerprint density at radius 3 is 2.76 bits per heavy atom. The van der Waals surface area contributed by atoms with Crippen molar-refractivity contribution in [2.24, 2.45) is 17.8 Å². The van der Waals surface area contributed by atoms with Crippen LogP contribution < -0.4 is 10.9 Å². The Morgan fingerprint density at radius 2 is 2.03 bits per heavy atom. The maximum atomic E-state index is 12.5. The van der Waals surface area contributed by atoms with E-state index in [1.807, 2.05) is 4.90 Å². The van der Waals surface area contributed by atoms with Gasteiger partial charge in [0.25, 0.3) is 5.91 Å². The summed E-state index contributed by atoms with van der Waals surface area (Å²) >= 11 is 0. The van der Waals surface area contributed by atoms with Crippen LogP contribution in [0, 0.1) is 17.8 Å². The van der Waals surface area contributed by atoms with Gasteiger partial charge in [0.1, 0.15) is 0 Å². The average molecular weight is 405 g/mol. The van der Waals surface area contributed by atoms with Gasteiger partial charge in [-0.25, -0.2) is 0 Å². The smallest absolute Gasteiger partial charge is 0.311 e. The number of esters is 1. The van der Waals surface area contributed by atoms with E-state index in [-0.39, 0.29) is 24.1 Å². The van der Waals surface area contributed by atoms with Crippen molar-refractivity contribution in [1.29, 1.82) is 0 Å². The van der Waals surface area contributed by atoms with E-state index in [0.29, 0.717) is 18.4 Å². The minimum Gasteiger partial charge on any atom is -0.459 e. The van der Waals surface area contributed by atoms with Crippen molar-refractivity contribution in [3.05, 3.63) is 24.2 Å². The molecular weight excluding hydrogens is 378 g/mol. The summed E-state index contributed by atoms with van der Waals surface area (Å²) in [7, 11) is 0. The Hall–Kier alpha value is -2.84. The van der Waals surface area contributed by atoms with E-state index in [1.165, 1.54) is 12.3 Å². The molecule has 1 aromatic heterocycles. The Kier molecular flexibility index (Phi) is 6.56. The molecule has 29 heavy (non-hydrogen) atoms. The molecule has 3 rings (SSSR count). The van der Waals surface area contributed by atoms with Gasteiger partial charge in [-0.2, -0.15) is 0 Å². The number of hydrazine groups is 1. The van der Waals surface area contributed by atoms with Gasteiger partial charge in [0, 0.05) is 19.0 Å². The molecule has 9 nitrogen and oxygen atoms in total. The molecule has 1 aliphatic carbocycles. The summed E-state index contributed by atoms with van der Waals surface area (Å²) in [5.74, 6) is -1.51. The van der Waals surface area contributed by atoms with E-state index < -0.39 is 30.3 Å². The van der Waals surface area contributed by atoms with Gasteiger partial charge in [0.05, 0.1) is 12.2 Å². The van der Waals surface area contributed by atoms with Gasteiger partial charge < -0.3 is 14.1 Å². The number of likely N-dealkylation sites (tertiary alicyclic amines) is 1. The largest absolute Gasteiger partial charge is 0.459 e. The molecule has 0 radical (unpaired) electrons. The van der Waals surface area contributed by atoms with Gasteiger partial charge in [-0.3, -0.25) is 30.0 Å². The normalized spacial score (nSPS) is 26.8. The van der Waals surface area contributed by atoms with Crippen LogP contribution in [-0.2, 0) is 19.1 Å². The molecular formula is C20H27N3O6. The highest BCUT2D eigenvalue weighted by Crippen LogP contribution is 2.35. The van der Waals surface area contributed by atoms with E-state index in [9.17, 15) is 19.2 Å². The Morgan fingerprint density at radius 1 is 1.24 bits per heavy atom. The van der Waals surface area contributed by atoms with Crippen molar-refractivity contribution < 1.29 is 28.3 Å². The van der Waals surface area contributed by atoms with Gasteiger partial charge >= 0.3 is 11.9 Å². The minimum absolute atomic E-state index is 0.0342. The highest BCUT2D eigenvalue weighted by molar-refractivity contribution is 5.93. The first-order valence-electron chi connectivity index (χ1n) is 9.95. The topological polar surface area (TPSA) is 118 Å². The molecule has 0 unspecified atom stereocenters. The van der Waals surface area contributed by atoms with E-state index in [4.69, 9.17) is 9.15 Å². The number of nitrogens with one attached hydrogen (secondary N) is 2. The number of furan rings is 1. The third-order valence-electron chi connectivity index (χ3n) is 5.96. The van der Waals surface area contributed by atoms with Crippen molar-refractivity contribution in [2.45, 2.75) is 45.6 Å². The summed E-state index contributed by atoms with van der Waals surface area (Å²) in [5, 5.41) is 0. The predicted molar refractivity (Wildman–Crippen MR) is 101 cm³/mol. The molecule has 3 amide bonds. The standard InChI is InChI=1S/C20H27N3O6/c1-12-5-3-6-15(13(12)2)23-10-14(9-18(23)25)20(27)29-11-17(24)21-22-19(26)16-7-4-8-28-16/h4,7-8,12-15H,3,5-6,9-11H2,1-2H3,(H,21,24)(H,22,26)/t12-,13+,14+,15+/m0/s1. The third kappa shape index (κ3) is 4.96. The molecule has 4 atom stereocenters. The second-order valence-electron chi connectivity index (χ2n) is 7.87.